The third-order valence-electron chi connectivity index (χ3n) is 1.44. The Morgan fingerprint density at radius 3 is 3.00 bits per heavy atom. The van der Waals surface area contributed by atoms with Crippen molar-refractivity contribution >= 4 is 5.69 Å². The van der Waals surface area contributed by atoms with Crippen molar-refractivity contribution in [3.63, 3.8) is 0 Å². The summed E-state index contributed by atoms with van der Waals surface area (Å²) in [7, 11) is 0. The van der Waals surface area contributed by atoms with Gasteiger partial charge in [0.05, 0.1) is 18.8 Å². The maximum absolute atomic E-state index is 10.1. The van der Waals surface area contributed by atoms with Gasteiger partial charge in [-0.25, -0.2) is 0 Å². The number of ether oxygens (including phenoxy) is 1. The lowest BCUT2D eigenvalue weighted by atomic mass is 10.3. The molecule has 0 saturated carbocycles. The number of benzene rings is 1. The van der Waals surface area contributed by atoms with E-state index >= 15 is 0 Å². The van der Waals surface area contributed by atoms with Crippen LogP contribution in [0.2, 0.25) is 0 Å². The number of hydrogen-bond acceptors (Lipinski definition) is 2. The van der Waals surface area contributed by atoms with E-state index in [1.54, 1.807) is 24.3 Å². The maximum Gasteiger partial charge on any atom is 0.221 e. The smallest absolute Gasteiger partial charge is 0.221 e. The van der Waals surface area contributed by atoms with E-state index in [0.717, 1.165) is 0 Å². The average Bonchev–Trinajstić information content (AvgIpc) is 2.16. The van der Waals surface area contributed by atoms with Crippen LogP contribution in [0, 0.1) is 0 Å². The lowest BCUT2D eigenvalue weighted by Crippen LogP contribution is -2.04. The van der Waals surface area contributed by atoms with E-state index in [0.29, 0.717) is 18.0 Å². The molecule has 1 rings (SSSR count). The Kier molecular flexibility index (Phi) is 4.08. The molecule has 2 radical (unpaired) electrons. The topological polar surface area (TPSA) is 63.5 Å². The Hall–Kier alpha value is -1.26. The van der Waals surface area contributed by atoms with E-state index in [1.165, 1.54) is 0 Å². The van der Waals surface area contributed by atoms with Crippen LogP contribution in [-0.4, -0.2) is 25.1 Å². The summed E-state index contributed by atoms with van der Waals surface area (Å²) < 4.78 is 4.75. The zero-order valence-corrected chi connectivity index (χ0v) is 7.14. The lowest BCUT2D eigenvalue weighted by molar-refractivity contribution is 0.0376. The number of aliphatic hydroxyl groups excluding tert-OH is 1. The lowest BCUT2D eigenvalue weighted by Gasteiger charge is -2.04. The van der Waals surface area contributed by atoms with Gasteiger partial charge >= 0.3 is 0 Å². The van der Waals surface area contributed by atoms with Crippen LogP contribution < -0.4 is 10.1 Å². The van der Waals surface area contributed by atoms with Gasteiger partial charge in [-0.05, 0) is 12.1 Å². The van der Waals surface area contributed by atoms with Gasteiger partial charge in [0.1, 0.15) is 5.75 Å². The predicted octanol–water partition coefficient (Wildman–Crippen LogP) is 0.682. The summed E-state index contributed by atoms with van der Waals surface area (Å²) in [6.45, 7) is -0.211. The standard InChI is InChI=1S/C9H11NO3/c11-5-4-10-8-2-1-3-9(6-8)13-7-12/h1-3,6,11H,4-5,7H2. The fourth-order valence-electron chi connectivity index (χ4n) is 0.919. The summed E-state index contributed by atoms with van der Waals surface area (Å²) in [4.78, 5) is 0. The van der Waals surface area contributed by atoms with E-state index in [-0.39, 0.29) is 6.61 Å². The molecule has 0 atom stereocenters. The van der Waals surface area contributed by atoms with Crippen molar-refractivity contribution in [3.8, 4) is 5.75 Å². The number of hydrogen-bond donors (Lipinski definition) is 1. The van der Waals surface area contributed by atoms with Crippen LogP contribution >= 0.6 is 0 Å². The quantitative estimate of drug-likeness (QED) is 0.679. The van der Waals surface area contributed by atoms with Crippen molar-refractivity contribution < 1.29 is 14.9 Å². The Morgan fingerprint density at radius 2 is 2.31 bits per heavy atom. The average molecular weight is 181 g/mol. The normalized spacial score (nSPS) is 9.69. The van der Waals surface area contributed by atoms with Crippen molar-refractivity contribution in [1.29, 1.82) is 0 Å². The molecule has 0 aliphatic rings. The zero-order chi connectivity index (χ0) is 9.52. The van der Waals surface area contributed by atoms with Crippen LogP contribution in [-0.2, 0) is 5.11 Å². The van der Waals surface area contributed by atoms with E-state index in [1.807, 2.05) is 0 Å². The van der Waals surface area contributed by atoms with Crippen LogP contribution in [0.25, 0.3) is 0 Å². The number of nitrogens with zero attached hydrogens (tertiary/aromatic N) is 1. The van der Waals surface area contributed by atoms with E-state index in [4.69, 9.17) is 9.84 Å². The maximum atomic E-state index is 10.1. The minimum absolute atomic E-state index is 0.0205. The first-order chi connectivity index (χ1) is 6.36. The first-order valence-electron chi connectivity index (χ1n) is 3.96. The van der Waals surface area contributed by atoms with Crippen LogP contribution in [0.5, 0.6) is 5.75 Å². The highest BCUT2D eigenvalue weighted by Crippen LogP contribution is 2.16. The molecule has 0 bridgehead atoms. The third kappa shape index (κ3) is 3.31. The monoisotopic (exact) mass is 181 g/mol. The van der Waals surface area contributed by atoms with Crippen molar-refractivity contribution in [3.05, 3.63) is 24.3 Å². The summed E-state index contributed by atoms with van der Waals surface area (Å²) in [5.74, 6) is 0.509. The van der Waals surface area contributed by atoms with E-state index in [9.17, 15) is 5.11 Å². The second-order valence-electron chi connectivity index (χ2n) is 2.36. The van der Waals surface area contributed by atoms with E-state index in [2.05, 4.69) is 5.32 Å². The molecule has 13 heavy (non-hydrogen) atoms. The Balaban J connectivity index is 2.56. The molecule has 0 fully saturated rings. The van der Waals surface area contributed by atoms with Crippen molar-refractivity contribution in [2.24, 2.45) is 0 Å². The van der Waals surface area contributed by atoms with E-state index < -0.39 is 6.79 Å². The van der Waals surface area contributed by atoms with Crippen LogP contribution in [0.1, 0.15) is 0 Å². The molecule has 4 nitrogen and oxygen atoms in total. The highest BCUT2D eigenvalue weighted by atomic mass is 16.6. The summed E-state index contributed by atoms with van der Waals surface area (Å²) in [5, 5.41) is 22.7. The van der Waals surface area contributed by atoms with Crippen molar-refractivity contribution in [2.45, 2.75) is 0 Å². The van der Waals surface area contributed by atoms with Crippen LogP contribution in [0.3, 0.4) is 0 Å². The minimum Gasteiger partial charge on any atom is -0.465 e. The first kappa shape index (κ1) is 9.83. The summed E-state index contributed by atoms with van der Waals surface area (Å²) >= 11 is 0. The highest BCUT2D eigenvalue weighted by molar-refractivity contribution is 5.42. The van der Waals surface area contributed by atoms with Gasteiger partial charge in [-0.2, -0.15) is 5.11 Å². The van der Waals surface area contributed by atoms with Gasteiger partial charge < -0.3 is 9.84 Å². The minimum atomic E-state index is -0.594. The molecule has 0 aromatic heterocycles. The zero-order valence-electron chi connectivity index (χ0n) is 7.14. The molecule has 0 unspecified atom stereocenters. The first-order valence-corrected chi connectivity index (χ1v) is 3.96. The summed E-state index contributed by atoms with van der Waals surface area (Å²) in [6.07, 6.45) is 0. The molecule has 0 aliphatic heterocycles. The molecule has 0 spiro atoms. The molecule has 1 N–H and O–H groups in total. The second kappa shape index (κ2) is 5.40. The Morgan fingerprint density at radius 1 is 1.46 bits per heavy atom. The van der Waals surface area contributed by atoms with Gasteiger partial charge in [0.25, 0.3) is 0 Å². The van der Waals surface area contributed by atoms with Crippen molar-refractivity contribution in [1.82, 2.24) is 5.32 Å². The fraction of sp³-hybridized carbons (Fsp3) is 0.333. The van der Waals surface area contributed by atoms with Gasteiger partial charge in [0.2, 0.25) is 6.79 Å². The van der Waals surface area contributed by atoms with Crippen molar-refractivity contribution in [2.75, 3.05) is 19.9 Å². The largest absolute Gasteiger partial charge is 0.465 e. The van der Waals surface area contributed by atoms with Gasteiger partial charge in [-0.15, -0.1) is 0 Å². The molecule has 1 aromatic rings. The second-order valence-corrected chi connectivity index (χ2v) is 2.36. The van der Waals surface area contributed by atoms with Gasteiger partial charge in [0, 0.05) is 6.07 Å². The Labute approximate surface area is 76.8 Å². The highest BCUT2D eigenvalue weighted by Gasteiger charge is 1.96. The molecule has 0 saturated heterocycles. The van der Waals surface area contributed by atoms with Gasteiger partial charge in [-0.3, -0.25) is 5.32 Å². The molecule has 0 heterocycles. The fourth-order valence-corrected chi connectivity index (χ4v) is 0.919. The molecule has 70 valence electrons. The molecule has 4 heteroatoms. The SMILES string of the molecule is [O]COc1cccc([N]CCO)c1. The van der Waals surface area contributed by atoms with Crippen LogP contribution in [0.15, 0.2) is 24.3 Å². The third-order valence-corrected chi connectivity index (χ3v) is 1.44. The summed E-state index contributed by atoms with van der Waals surface area (Å²) in [5.41, 5.74) is 0.708. The molecule has 0 amide bonds. The Bertz CT molecular complexity index is 252. The van der Waals surface area contributed by atoms with Gasteiger partial charge in [0.15, 0.2) is 0 Å². The van der Waals surface area contributed by atoms with Gasteiger partial charge in [-0.1, -0.05) is 6.07 Å². The predicted molar refractivity (Wildman–Crippen MR) is 46.4 cm³/mol. The van der Waals surface area contributed by atoms with Crippen LogP contribution in [0.4, 0.5) is 5.69 Å². The summed E-state index contributed by atoms with van der Waals surface area (Å²) in [6, 6.07) is 6.89. The molecular formula is C9H11NO3. The number of aliphatic hydroxyl groups is 1. The number of rotatable bonds is 5. The molecular weight excluding hydrogens is 170 g/mol. The molecule has 1 aromatic carbocycles. The molecule has 0 aliphatic carbocycles.